The molecule has 0 aliphatic heterocycles. The molecule has 0 saturated carbocycles. The first-order valence-corrected chi connectivity index (χ1v) is 6.25. The van der Waals surface area contributed by atoms with Crippen LogP contribution >= 0.6 is 15.9 Å². The molecule has 2 amide bonds. The molecule has 1 N–H and O–H groups in total. The van der Waals surface area contributed by atoms with Gasteiger partial charge >= 0.3 is 11.8 Å². The molecule has 104 valence electrons. The first-order valence-electron chi connectivity index (χ1n) is 5.46. The minimum atomic E-state index is -0.893. The summed E-state index contributed by atoms with van der Waals surface area (Å²) in [5.41, 5.74) is -0.0483. The predicted molar refractivity (Wildman–Crippen MR) is 72.2 cm³/mol. The lowest BCUT2D eigenvalue weighted by molar-refractivity contribution is -0.142. The molecular formula is C12H14BrFN2O3. The van der Waals surface area contributed by atoms with Crippen molar-refractivity contribution in [2.75, 3.05) is 32.6 Å². The van der Waals surface area contributed by atoms with Crippen molar-refractivity contribution in [1.82, 2.24) is 4.90 Å². The van der Waals surface area contributed by atoms with E-state index in [0.717, 1.165) is 0 Å². The highest BCUT2D eigenvalue weighted by atomic mass is 79.9. The molecule has 5 nitrogen and oxygen atoms in total. The minimum absolute atomic E-state index is 0.0483. The van der Waals surface area contributed by atoms with Crippen LogP contribution in [0.5, 0.6) is 0 Å². The summed E-state index contributed by atoms with van der Waals surface area (Å²) in [6.07, 6.45) is 0. The normalized spacial score (nSPS) is 10.1. The van der Waals surface area contributed by atoms with E-state index in [1.807, 2.05) is 0 Å². The number of ether oxygens (including phenoxy) is 1. The Hall–Kier alpha value is -1.47. The molecule has 0 fully saturated rings. The second-order valence-corrected chi connectivity index (χ2v) is 4.71. The number of nitrogens with one attached hydrogen (secondary N) is 1. The molecule has 0 aliphatic rings. The van der Waals surface area contributed by atoms with Crippen LogP contribution in [-0.4, -0.2) is 44.0 Å². The molecule has 0 atom stereocenters. The van der Waals surface area contributed by atoms with Gasteiger partial charge in [0.25, 0.3) is 0 Å². The van der Waals surface area contributed by atoms with E-state index in [2.05, 4.69) is 21.2 Å². The SMILES string of the molecule is COCCN(C)C(=O)C(=O)Nc1cc(Br)ccc1F. The molecule has 0 radical (unpaired) electrons. The number of rotatable bonds is 4. The maximum Gasteiger partial charge on any atom is 0.313 e. The van der Waals surface area contributed by atoms with Crippen molar-refractivity contribution >= 4 is 33.4 Å². The van der Waals surface area contributed by atoms with Gasteiger partial charge in [-0.25, -0.2) is 4.39 Å². The first kappa shape index (κ1) is 15.6. The summed E-state index contributed by atoms with van der Waals surface area (Å²) in [5, 5.41) is 2.23. The molecule has 0 spiro atoms. The lowest BCUT2D eigenvalue weighted by Gasteiger charge is -2.16. The Morgan fingerprint density at radius 3 is 2.79 bits per heavy atom. The molecule has 0 unspecified atom stereocenters. The number of benzene rings is 1. The number of amides is 2. The van der Waals surface area contributed by atoms with Gasteiger partial charge in [-0.15, -0.1) is 0 Å². The van der Waals surface area contributed by atoms with E-state index in [0.29, 0.717) is 11.1 Å². The number of anilines is 1. The summed E-state index contributed by atoms with van der Waals surface area (Å²) in [7, 11) is 2.97. The van der Waals surface area contributed by atoms with E-state index in [4.69, 9.17) is 4.74 Å². The number of hydrogen-bond acceptors (Lipinski definition) is 3. The summed E-state index contributed by atoms with van der Waals surface area (Å²) < 4.78 is 18.8. The predicted octanol–water partition coefficient (Wildman–Crippen LogP) is 1.63. The number of methoxy groups -OCH3 is 1. The molecule has 0 heterocycles. The zero-order valence-electron chi connectivity index (χ0n) is 10.6. The van der Waals surface area contributed by atoms with E-state index in [1.54, 1.807) is 0 Å². The fourth-order valence-corrected chi connectivity index (χ4v) is 1.63. The molecule has 0 aliphatic carbocycles. The summed E-state index contributed by atoms with van der Waals surface area (Å²) in [4.78, 5) is 24.5. The van der Waals surface area contributed by atoms with Gasteiger partial charge in [-0.2, -0.15) is 0 Å². The summed E-state index contributed by atoms with van der Waals surface area (Å²) in [5.74, 6) is -2.25. The second-order valence-electron chi connectivity index (χ2n) is 3.80. The quantitative estimate of drug-likeness (QED) is 0.852. The van der Waals surface area contributed by atoms with Crippen LogP contribution in [-0.2, 0) is 14.3 Å². The molecule has 1 aromatic carbocycles. The minimum Gasteiger partial charge on any atom is -0.383 e. The van der Waals surface area contributed by atoms with Gasteiger partial charge in [0.2, 0.25) is 0 Å². The average Bonchev–Trinajstić information content (AvgIpc) is 2.39. The third-order valence-corrected chi connectivity index (χ3v) is 2.84. The number of carbonyl (C=O) groups excluding carboxylic acids is 2. The first-order chi connectivity index (χ1) is 8.95. The van der Waals surface area contributed by atoms with Crippen LogP contribution in [0.4, 0.5) is 10.1 Å². The Morgan fingerprint density at radius 2 is 2.16 bits per heavy atom. The summed E-state index contributed by atoms with van der Waals surface area (Å²) in [6.45, 7) is 0.602. The smallest absolute Gasteiger partial charge is 0.313 e. The zero-order chi connectivity index (χ0) is 14.4. The van der Waals surface area contributed by atoms with Gasteiger partial charge in [-0.05, 0) is 18.2 Å². The van der Waals surface area contributed by atoms with Gasteiger partial charge in [-0.1, -0.05) is 15.9 Å². The van der Waals surface area contributed by atoms with Crippen molar-refractivity contribution in [1.29, 1.82) is 0 Å². The van der Waals surface area contributed by atoms with Crippen molar-refractivity contribution in [3.63, 3.8) is 0 Å². The van der Waals surface area contributed by atoms with Crippen molar-refractivity contribution < 1.29 is 18.7 Å². The van der Waals surface area contributed by atoms with E-state index < -0.39 is 17.6 Å². The molecular weight excluding hydrogens is 319 g/mol. The average molecular weight is 333 g/mol. The van der Waals surface area contributed by atoms with Gasteiger partial charge < -0.3 is 15.0 Å². The highest BCUT2D eigenvalue weighted by molar-refractivity contribution is 9.10. The standard InChI is InChI=1S/C12H14BrFN2O3/c1-16(5-6-19-2)12(18)11(17)15-10-7-8(13)3-4-9(10)14/h3-4,7H,5-6H2,1-2H3,(H,15,17). The highest BCUT2D eigenvalue weighted by Gasteiger charge is 2.19. The fourth-order valence-electron chi connectivity index (χ4n) is 1.27. The maximum absolute atomic E-state index is 13.4. The van der Waals surface area contributed by atoms with Gasteiger partial charge in [0.1, 0.15) is 5.82 Å². The van der Waals surface area contributed by atoms with E-state index in [1.165, 1.54) is 37.3 Å². The van der Waals surface area contributed by atoms with Gasteiger partial charge in [-0.3, -0.25) is 9.59 Å². The molecule has 0 saturated heterocycles. The van der Waals surface area contributed by atoms with Crippen LogP contribution in [0.15, 0.2) is 22.7 Å². The molecule has 7 heteroatoms. The van der Waals surface area contributed by atoms with Crippen LogP contribution in [0.3, 0.4) is 0 Å². The topological polar surface area (TPSA) is 58.6 Å². The highest BCUT2D eigenvalue weighted by Crippen LogP contribution is 2.19. The van der Waals surface area contributed by atoms with Crippen molar-refractivity contribution in [2.45, 2.75) is 0 Å². The van der Waals surface area contributed by atoms with Crippen molar-refractivity contribution in [2.24, 2.45) is 0 Å². The van der Waals surface area contributed by atoms with Crippen LogP contribution in [0, 0.1) is 5.82 Å². The number of nitrogens with zero attached hydrogens (tertiary/aromatic N) is 1. The largest absolute Gasteiger partial charge is 0.383 e. The lowest BCUT2D eigenvalue weighted by Crippen LogP contribution is -2.38. The van der Waals surface area contributed by atoms with Crippen molar-refractivity contribution in [3.8, 4) is 0 Å². The lowest BCUT2D eigenvalue weighted by atomic mass is 10.3. The van der Waals surface area contributed by atoms with Gasteiger partial charge in [0, 0.05) is 25.2 Å². The Bertz CT molecular complexity index is 482. The molecule has 1 rings (SSSR count). The second kappa shape index (κ2) is 7.20. The summed E-state index contributed by atoms with van der Waals surface area (Å²) in [6, 6.07) is 4.08. The zero-order valence-corrected chi connectivity index (χ0v) is 12.2. The van der Waals surface area contributed by atoms with Crippen LogP contribution in [0.1, 0.15) is 0 Å². The monoisotopic (exact) mass is 332 g/mol. The van der Waals surface area contributed by atoms with E-state index >= 15 is 0 Å². The summed E-state index contributed by atoms with van der Waals surface area (Å²) >= 11 is 3.16. The number of likely N-dealkylation sites (N-methyl/N-ethyl adjacent to an activating group) is 1. The maximum atomic E-state index is 13.4. The molecule has 0 aromatic heterocycles. The van der Waals surface area contributed by atoms with Crippen LogP contribution < -0.4 is 5.32 Å². The molecule has 19 heavy (non-hydrogen) atoms. The van der Waals surface area contributed by atoms with Crippen LogP contribution in [0.2, 0.25) is 0 Å². The van der Waals surface area contributed by atoms with E-state index in [9.17, 15) is 14.0 Å². The third kappa shape index (κ3) is 4.60. The number of halogens is 2. The Balaban J connectivity index is 2.68. The Morgan fingerprint density at radius 1 is 1.47 bits per heavy atom. The number of hydrogen-bond donors (Lipinski definition) is 1. The third-order valence-electron chi connectivity index (χ3n) is 2.35. The van der Waals surface area contributed by atoms with Gasteiger partial charge in [0.05, 0.1) is 12.3 Å². The Labute approximate surface area is 118 Å². The van der Waals surface area contributed by atoms with E-state index in [-0.39, 0.29) is 12.2 Å². The van der Waals surface area contributed by atoms with Crippen LogP contribution in [0.25, 0.3) is 0 Å². The number of carbonyl (C=O) groups is 2. The Kier molecular flexibility index (Phi) is 5.91. The van der Waals surface area contributed by atoms with Crippen molar-refractivity contribution in [3.05, 3.63) is 28.5 Å². The fraction of sp³-hybridized carbons (Fsp3) is 0.333. The molecule has 0 bridgehead atoms. The van der Waals surface area contributed by atoms with Gasteiger partial charge in [0.15, 0.2) is 0 Å². The molecule has 1 aromatic rings.